The molecule has 4 rings (SSSR count). The topological polar surface area (TPSA) is 92.7 Å². The maximum atomic E-state index is 12.4. The summed E-state index contributed by atoms with van der Waals surface area (Å²) in [4.78, 5) is 36.2. The lowest BCUT2D eigenvalue weighted by molar-refractivity contribution is -0.122. The molecule has 0 radical (unpaired) electrons. The third-order valence-corrected chi connectivity index (χ3v) is 6.76. The summed E-state index contributed by atoms with van der Waals surface area (Å²) in [5.41, 5.74) is 1.65. The molecule has 0 saturated heterocycles. The Labute approximate surface area is 173 Å². The number of imidazole rings is 1. The van der Waals surface area contributed by atoms with Crippen LogP contribution in [0.2, 0.25) is 0 Å². The van der Waals surface area contributed by atoms with E-state index in [1.54, 1.807) is 0 Å². The molecular formula is C21H25N5O2S. The van der Waals surface area contributed by atoms with Crippen LogP contribution in [0.5, 0.6) is 0 Å². The van der Waals surface area contributed by atoms with E-state index in [1.165, 1.54) is 0 Å². The van der Waals surface area contributed by atoms with Gasteiger partial charge in [0.15, 0.2) is 5.16 Å². The first-order chi connectivity index (χ1) is 14.1. The number of thioether (sulfide) groups is 1. The lowest BCUT2D eigenvalue weighted by Crippen LogP contribution is -2.38. The van der Waals surface area contributed by atoms with E-state index in [-0.39, 0.29) is 23.9 Å². The van der Waals surface area contributed by atoms with E-state index in [0.29, 0.717) is 22.9 Å². The highest BCUT2D eigenvalue weighted by atomic mass is 32.2. The van der Waals surface area contributed by atoms with E-state index in [2.05, 4.69) is 20.3 Å². The Morgan fingerprint density at radius 2 is 2.07 bits per heavy atom. The van der Waals surface area contributed by atoms with Crippen molar-refractivity contribution in [2.75, 3.05) is 0 Å². The molecule has 2 N–H and O–H groups in total. The molecule has 1 aliphatic rings. The van der Waals surface area contributed by atoms with Crippen molar-refractivity contribution in [3.63, 3.8) is 0 Å². The van der Waals surface area contributed by atoms with Crippen LogP contribution < -0.4 is 10.9 Å². The molecule has 152 valence electrons. The van der Waals surface area contributed by atoms with Gasteiger partial charge in [-0.15, -0.1) is 0 Å². The minimum atomic E-state index is -0.219. The van der Waals surface area contributed by atoms with Gasteiger partial charge in [-0.05, 0) is 37.8 Å². The van der Waals surface area contributed by atoms with E-state index in [0.717, 1.165) is 36.4 Å². The molecule has 0 spiro atoms. The number of aromatic amines is 1. The smallest absolute Gasteiger partial charge is 0.270 e. The van der Waals surface area contributed by atoms with Crippen LogP contribution in [0.4, 0.5) is 0 Å². The number of nitrogens with one attached hydrogen (secondary N) is 2. The molecule has 8 heteroatoms. The number of H-pyrrole nitrogens is 1. The summed E-state index contributed by atoms with van der Waals surface area (Å²) in [6, 6.07) is 7.63. The molecule has 1 aromatic carbocycles. The maximum Gasteiger partial charge on any atom is 0.270 e. The van der Waals surface area contributed by atoms with Crippen molar-refractivity contribution < 1.29 is 4.79 Å². The third kappa shape index (κ3) is 4.87. The highest BCUT2D eigenvalue weighted by Gasteiger charge is 2.24. The number of hydrogen-bond donors (Lipinski definition) is 2. The second-order valence-corrected chi connectivity index (χ2v) is 8.78. The number of aryl methyl sites for hydroxylation is 2. The first kappa shape index (κ1) is 19.7. The van der Waals surface area contributed by atoms with Crippen LogP contribution in [0.25, 0.3) is 11.0 Å². The minimum Gasteiger partial charge on any atom is -0.353 e. The second-order valence-electron chi connectivity index (χ2n) is 7.51. The molecule has 0 atom stereocenters. The fourth-order valence-electron chi connectivity index (χ4n) is 3.71. The van der Waals surface area contributed by atoms with Crippen LogP contribution in [0, 0.1) is 0 Å². The van der Waals surface area contributed by atoms with Crippen molar-refractivity contribution >= 4 is 28.7 Å². The summed E-state index contributed by atoms with van der Waals surface area (Å²) in [6.45, 7) is 0. The number of hydrogen-bond acceptors (Lipinski definition) is 5. The van der Waals surface area contributed by atoms with Crippen molar-refractivity contribution in [2.45, 2.75) is 55.0 Å². The predicted octanol–water partition coefficient (Wildman–Crippen LogP) is 2.81. The average molecular weight is 412 g/mol. The lowest BCUT2D eigenvalue weighted by Gasteiger charge is -2.28. The zero-order valence-corrected chi connectivity index (χ0v) is 17.2. The fourth-order valence-corrected chi connectivity index (χ4v) is 4.86. The van der Waals surface area contributed by atoms with Gasteiger partial charge in [-0.1, -0.05) is 23.9 Å². The Morgan fingerprint density at radius 1 is 1.28 bits per heavy atom. The highest BCUT2D eigenvalue weighted by Crippen LogP contribution is 2.32. The molecule has 2 aromatic heterocycles. The number of benzene rings is 1. The van der Waals surface area contributed by atoms with Gasteiger partial charge in [0.25, 0.3) is 5.56 Å². The average Bonchev–Trinajstić information content (AvgIpc) is 3.12. The molecule has 7 nitrogen and oxygen atoms in total. The quantitative estimate of drug-likeness (QED) is 0.651. The summed E-state index contributed by atoms with van der Waals surface area (Å²) in [7, 11) is 2.01. The number of para-hydroxylation sites is 2. The number of fused-ring (bicyclic) bond motifs is 1. The van der Waals surface area contributed by atoms with E-state index in [9.17, 15) is 9.59 Å². The molecule has 2 heterocycles. The zero-order chi connectivity index (χ0) is 20.2. The van der Waals surface area contributed by atoms with Crippen molar-refractivity contribution in [3.8, 4) is 0 Å². The van der Waals surface area contributed by atoms with Crippen LogP contribution >= 0.6 is 11.8 Å². The van der Waals surface area contributed by atoms with Gasteiger partial charge in [-0.2, -0.15) is 0 Å². The SMILES string of the molecule is Cn1ccnc1SC1CCC(NC(=O)CCc2nc3ccccc3[nH]c2=O)CC1. The van der Waals surface area contributed by atoms with Gasteiger partial charge in [0.2, 0.25) is 5.91 Å². The normalized spacial score (nSPS) is 19.3. The molecule has 3 aromatic rings. The highest BCUT2D eigenvalue weighted by molar-refractivity contribution is 7.99. The van der Waals surface area contributed by atoms with Gasteiger partial charge >= 0.3 is 0 Å². The van der Waals surface area contributed by atoms with Crippen molar-refractivity contribution in [2.24, 2.45) is 7.05 Å². The molecule has 29 heavy (non-hydrogen) atoms. The molecule has 1 amide bonds. The van der Waals surface area contributed by atoms with E-state index in [4.69, 9.17) is 0 Å². The number of carbonyl (C=O) groups excluding carboxylic acids is 1. The lowest BCUT2D eigenvalue weighted by atomic mass is 9.95. The Hall–Kier alpha value is -2.61. The van der Waals surface area contributed by atoms with Crippen molar-refractivity contribution in [1.82, 2.24) is 24.8 Å². The third-order valence-electron chi connectivity index (χ3n) is 5.35. The van der Waals surface area contributed by atoms with Gasteiger partial charge in [-0.3, -0.25) is 9.59 Å². The molecule has 0 aliphatic heterocycles. The number of rotatable bonds is 6. The standard InChI is InChI=1S/C21H25N5O2S/c1-26-13-12-22-21(26)29-15-8-6-14(7-9-15)23-19(27)11-10-18-20(28)25-17-5-3-2-4-16(17)24-18/h2-5,12-15H,6-11H2,1H3,(H,23,27)(H,25,28). The summed E-state index contributed by atoms with van der Waals surface area (Å²) >= 11 is 1.82. The van der Waals surface area contributed by atoms with Crippen LogP contribution in [0.1, 0.15) is 37.8 Å². The van der Waals surface area contributed by atoms with Gasteiger partial charge in [0, 0.05) is 43.6 Å². The Morgan fingerprint density at radius 3 is 2.83 bits per heavy atom. The van der Waals surface area contributed by atoms with Gasteiger partial charge in [0.05, 0.1) is 11.0 Å². The first-order valence-electron chi connectivity index (χ1n) is 10.00. The molecule has 1 fully saturated rings. The Balaban J connectivity index is 1.25. The zero-order valence-electron chi connectivity index (χ0n) is 16.4. The largest absolute Gasteiger partial charge is 0.353 e. The Bertz CT molecular complexity index is 1050. The summed E-state index contributed by atoms with van der Waals surface area (Å²) in [6.07, 6.45) is 8.48. The van der Waals surface area contributed by atoms with Crippen LogP contribution in [-0.4, -0.2) is 36.7 Å². The number of amides is 1. The molecular weight excluding hydrogens is 386 g/mol. The Kier molecular flexibility index (Phi) is 5.99. The summed E-state index contributed by atoms with van der Waals surface area (Å²) in [5.74, 6) is -0.0143. The minimum absolute atomic E-state index is 0.0143. The van der Waals surface area contributed by atoms with Crippen LogP contribution in [-0.2, 0) is 18.3 Å². The van der Waals surface area contributed by atoms with E-state index in [1.807, 2.05) is 60.0 Å². The van der Waals surface area contributed by atoms with Gasteiger partial charge in [0.1, 0.15) is 5.69 Å². The molecule has 1 aliphatic carbocycles. The van der Waals surface area contributed by atoms with Gasteiger partial charge in [-0.25, -0.2) is 9.97 Å². The first-order valence-corrected chi connectivity index (χ1v) is 10.9. The number of carbonyl (C=O) groups is 1. The van der Waals surface area contributed by atoms with Crippen molar-refractivity contribution in [1.29, 1.82) is 0 Å². The summed E-state index contributed by atoms with van der Waals surface area (Å²) in [5, 5.41) is 4.72. The second kappa shape index (κ2) is 8.82. The van der Waals surface area contributed by atoms with E-state index >= 15 is 0 Å². The monoisotopic (exact) mass is 411 g/mol. The van der Waals surface area contributed by atoms with Gasteiger partial charge < -0.3 is 14.9 Å². The molecule has 0 bridgehead atoms. The number of aromatic nitrogens is 4. The predicted molar refractivity (Wildman–Crippen MR) is 114 cm³/mol. The number of nitrogens with zero attached hydrogens (tertiary/aromatic N) is 3. The molecule has 0 unspecified atom stereocenters. The van der Waals surface area contributed by atoms with Crippen LogP contribution in [0.15, 0.2) is 46.6 Å². The fraction of sp³-hybridized carbons (Fsp3) is 0.429. The molecule has 1 saturated carbocycles. The maximum absolute atomic E-state index is 12.4. The van der Waals surface area contributed by atoms with E-state index < -0.39 is 0 Å². The summed E-state index contributed by atoms with van der Waals surface area (Å²) < 4.78 is 2.04. The van der Waals surface area contributed by atoms with Crippen molar-refractivity contribution in [3.05, 3.63) is 52.7 Å². The van der Waals surface area contributed by atoms with Crippen LogP contribution in [0.3, 0.4) is 0 Å².